The van der Waals surface area contributed by atoms with Crippen molar-refractivity contribution in [2.24, 2.45) is 10.9 Å². The van der Waals surface area contributed by atoms with Crippen molar-refractivity contribution in [2.45, 2.75) is 64.8 Å². The van der Waals surface area contributed by atoms with Gasteiger partial charge < -0.3 is 20.4 Å². The predicted octanol–water partition coefficient (Wildman–Crippen LogP) is 2.06. The first-order valence-corrected chi connectivity index (χ1v) is 10.6. The van der Waals surface area contributed by atoms with Gasteiger partial charge in [-0.3, -0.25) is 9.79 Å². The molecule has 0 aromatic heterocycles. The molecule has 0 aromatic carbocycles. The van der Waals surface area contributed by atoms with Crippen LogP contribution in [-0.2, 0) is 4.79 Å². The number of hydrogen-bond donors (Lipinski definition) is 2. The Morgan fingerprint density at radius 3 is 2.58 bits per heavy atom. The topological polar surface area (TPSA) is 60.0 Å². The number of likely N-dealkylation sites (tertiary alicyclic amines) is 2. The van der Waals surface area contributed by atoms with E-state index >= 15 is 0 Å². The molecule has 2 aliphatic heterocycles. The van der Waals surface area contributed by atoms with Crippen LogP contribution in [-0.4, -0.2) is 74.0 Å². The Kier molecular flexibility index (Phi) is 9.23. The Labute approximate surface area is 159 Å². The molecule has 150 valence electrons. The summed E-state index contributed by atoms with van der Waals surface area (Å²) in [5, 5.41) is 6.19. The number of nitrogens with zero attached hydrogens (tertiary/aromatic N) is 3. The Bertz CT molecular complexity index is 445. The van der Waals surface area contributed by atoms with Crippen molar-refractivity contribution in [3.8, 4) is 0 Å². The molecule has 0 spiro atoms. The normalized spacial score (nSPS) is 23.1. The van der Waals surface area contributed by atoms with Gasteiger partial charge in [-0.05, 0) is 58.4 Å². The molecule has 2 rings (SSSR count). The smallest absolute Gasteiger partial charge is 0.220 e. The lowest BCUT2D eigenvalue weighted by Gasteiger charge is -2.34. The van der Waals surface area contributed by atoms with Crippen LogP contribution in [0.3, 0.4) is 0 Å². The average molecular weight is 366 g/mol. The third-order valence-electron chi connectivity index (χ3n) is 5.81. The maximum atomic E-state index is 11.6. The fourth-order valence-electron chi connectivity index (χ4n) is 4.09. The highest BCUT2D eigenvalue weighted by atomic mass is 16.1. The number of nitrogens with one attached hydrogen (secondary N) is 2. The largest absolute Gasteiger partial charge is 0.359 e. The van der Waals surface area contributed by atoms with Crippen LogP contribution in [0.15, 0.2) is 4.99 Å². The van der Waals surface area contributed by atoms with Gasteiger partial charge in [-0.15, -0.1) is 0 Å². The van der Waals surface area contributed by atoms with Crippen LogP contribution in [0, 0.1) is 5.92 Å². The number of amides is 1. The zero-order valence-corrected chi connectivity index (χ0v) is 17.1. The van der Waals surface area contributed by atoms with Gasteiger partial charge in [0.15, 0.2) is 5.96 Å². The second-order valence-electron chi connectivity index (χ2n) is 7.78. The summed E-state index contributed by atoms with van der Waals surface area (Å²) in [6.45, 7) is 10.7. The summed E-state index contributed by atoms with van der Waals surface area (Å²) in [5.74, 6) is 1.73. The molecule has 0 aliphatic carbocycles. The molecular weight excluding hydrogens is 326 g/mol. The van der Waals surface area contributed by atoms with Crippen LogP contribution in [0.2, 0.25) is 0 Å². The molecule has 0 aromatic rings. The molecule has 2 heterocycles. The van der Waals surface area contributed by atoms with Crippen molar-refractivity contribution in [3.63, 3.8) is 0 Å². The highest BCUT2D eigenvalue weighted by molar-refractivity contribution is 5.80. The van der Waals surface area contributed by atoms with Crippen LogP contribution in [0.25, 0.3) is 0 Å². The van der Waals surface area contributed by atoms with Gasteiger partial charge in [0.2, 0.25) is 5.91 Å². The van der Waals surface area contributed by atoms with Crippen molar-refractivity contribution >= 4 is 11.9 Å². The molecule has 0 radical (unpaired) electrons. The first kappa shape index (κ1) is 21.0. The van der Waals surface area contributed by atoms with Gasteiger partial charge in [0.1, 0.15) is 0 Å². The molecule has 2 aliphatic rings. The van der Waals surface area contributed by atoms with Crippen molar-refractivity contribution in [1.82, 2.24) is 20.4 Å². The minimum absolute atomic E-state index is 0.163. The van der Waals surface area contributed by atoms with Gasteiger partial charge in [-0.2, -0.15) is 0 Å². The Morgan fingerprint density at radius 1 is 1.15 bits per heavy atom. The van der Waals surface area contributed by atoms with E-state index in [4.69, 9.17) is 4.99 Å². The molecule has 2 saturated heterocycles. The average Bonchev–Trinajstić information content (AvgIpc) is 2.66. The maximum Gasteiger partial charge on any atom is 0.220 e. The van der Waals surface area contributed by atoms with Crippen LogP contribution in [0.4, 0.5) is 0 Å². The van der Waals surface area contributed by atoms with Crippen LogP contribution < -0.4 is 10.6 Å². The summed E-state index contributed by atoms with van der Waals surface area (Å²) >= 11 is 0. The number of guanidine groups is 1. The Hall–Kier alpha value is -1.30. The molecule has 26 heavy (non-hydrogen) atoms. The third-order valence-corrected chi connectivity index (χ3v) is 5.81. The monoisotopic (exact) mass is 365 g/mol. The quantitative estimate of drug-likeness (QED) is 0.412. The molecule has 0 saturated carbocycles. The van der Waals surface area contributed by atoms with Crippen molar-refractivity contribution < 1.29 is 4.79 Å². The number of carbonyl (C=O) groups excluding carboxylic acids is 1. The van der Waals surface area contributed by atoms with Gasteiger partial charge in [0.25, 0.3) is 0 Å². The molecule has 6 nitrogen and oxygen atoms in total. The van der Waals surface area contributed by atoms with Gasteiger partial charge in [-0.1, -0.05) is 6.42 Å². The fraction of sp³-hybridized carbons (Fsp3) is 0.900. The van der Waals surface area contributed by atoms with E-state index in [9.17, 15) is 4.79 Å². The summed E-state index contributed by atoms with van der Waals surface area (Å²) in [4.78, 5) is 21.4. The summed E-state index contributed by atoms with van der Waals surface area (Å²) in [6, 6.07) is 0.736. The standard InChI is InChI=1S/C20H39N5O/c1-4-22-20(23-11-7-13-24-12-6-5-8-17(24)2)25-14-9-18(10-15-25)16-19(26)21-3/h17-18H,4-16H2,1-3H3,(H,21,26)(H,22,23). The molecule has 1 atom stereocenters. The van der Waals surface area contributed by atoms with E-state index in [2.05, 4.69) is 34.3 Å². The Morgan fingerprint density at radius 2 is 1.92 bits per heavy atom. The summed E-state index contributed by atoms with van der Waals surface area (Å²) in [5.41, 5.74) is 0. The first-order chi connectivity index (χ1) is 12.6. The highest BCUT2D eigenvalue weighted by Gasteiger charge is 2.23. The van der Waals surface area contributed by atoms with E-state index in [1.807, 2.05) is 0 Å². The lowest BCUT2D eigenvalue weighted by molar-refractivity contribution is -0.121. The van der Waals surface area contributed by atoms with Gasteiger partial charge in [0, 0.05) is 52.2 Å². The van der Waals surface area contributed by atoms with Crippen LogP contribution >= 0.6 is 0 Å². The van der Waals surface area contributed by atoms with E-state index in [1.54, 1.807) is 7.05 Å². The minimum Gasteiger partial charge on any atom is -0.359 e. The lowest BCUT2D eigenvalue weighted by atomic mass is 9.93. The number of hydrogen-bond acceptors (Lipinski definition) is 3. The number of rotatable bonds is 7. The SMILES string of the molecule is CCNC(=NCCCN1CCCCC1C)N1CCC(CC(=O)NC)CC1. The lowest BCUT2D eigenvalue weighted by Crippen LogP contribution is -2.46. The molecule has 2 N–H and O–H groups in total. The van der Waals surface area contributed by atoms with E-state index in [0.29, 0.717) is 12.3 Å². The van der Waals surface area contributed by atoms with E-state index in [-0.39, 0.29) is 5.91 Å². The number of piperidine rings is 2. The Balaban J connectivity index is 1.75. The molecule has 1 amide bonds. The molecular formula is C20H39N5O. The van der Waals surface area contributed by atoms with Crippen LogP contribution in [0.1, 0.15) is 58.8 Å². The molecule has 0 bridgehead atoms. The van der Waals surface area contributed by atoms with Gasteiger partial charge >= 0.3 is 0 Å². The first-order valence-electron chi connectivity index (χ1n) is 10.6. The second-order valence-corrected chi connectivity index (χ2v) is 7.78. The number of aliphatic imine (C=N–C) groups is 1. The van der Waals surface area contributed by atoms with Gasteiger partial charge in [-0.25, -0.2) is 0 Å². The summed E-state index contributed by atoms with van der Waals surface area (Å²) in [7, 11) is 1.72. The third kappa shape index (κ3) is 6.78. The minimum atomic E-state index is 0.163. The molecule has 1 unspecified atom stereocenters. The predicted molar refractivity (Wildman–Crippen MR) is 108 cm³/mol. The summed E-state index contributed by atoms with van der Waals surface area (Å²) < 4.78 is 0. The van der Waals surface area contributed by atoms with Crippen LogP contribution in [0.5, 0.6) is 0 Å². The van der Waals surface area contributed by atoms with E-state index < -0.39 is 0 Å². The maximum absolute atomic E-state index is 11.6. The fourth-order valence-corrected chi connectivity index (χ4v) is 4.09. The second kappa shape index (κ2) is 11.4. The van der Waals surface area contributed by atoms with Gasteiger partial charge in [0.05, 0.1) is 0 Å². The zero-order chi connectivity index (χ0) is 18.8. The van der Waals surface area contributed by atoms with E-state index in [0.717, 1.165) is 64.0 Å². The highest BCUT2D eigenvalue weighted by Crippen LogP contribution is 2.20. The molecule has 2 fully saturated rings. The summed E-state index contributed by atoms with van der Waals surface area (Å²) in [6.07, 6.45) is 8.01. The number of carbonyl (C=O) groups is 1. The molecule has 6 heteroatoms. The van der Waals surface area contributed by atoms with Crippen molar-refractivity contribution in [3.05, 3.63) is 0 Å². The van der Waals surface area contributed by atoms with Crippen molar-refractivity contribution in [2.75, 3.05) is 46.3 Å². The van der Waals surface area contributed by atoms with Crippen molar-refractivity contribution in [1.29, 1.82) is 0 Å². The zero-order valence-electron chi connectivity index (χ0n) is 17.1. The van der Waals surface area contributed by atoms with E-state index in [1.165, 1.54) is 25.8 Å².